The normalized spacial score (nSPS) is 20.2. The summed E-state index contributed by atoms with van der Waals surface area (Å²) in [4.78, 5) is 46.6. The molecule has 1 atom stereocenters. The molecule has 3 aromatic rings. The van der Waals surface area contributed by atoms with E-state index in [0.717, 1.165) is 21.3 Å². The van der Waals surface area contributed by atoms with E-state index >= 15 is 0 Å². The van der Waals surface area contributed by atoms with E-state index in [0.29, 0.717) is 29.2 Å². The number of aromatic nitrogens is 1. The lowest BCUT2D eigenvalue weighted by Crippen LogP contribution is -2.63. The minimum absolute atomic E-state index is 0.0372. The number of anilines is 2. The third-order valence-electron chi connectivity index (χ3n) is 6.12. The van der Waals surface area contributed by atoms with Crippen molar-refractivity contribution in [2.75, 3.05) is 16.8 Å². The van der Waals surface area contributed by atoms with Crippen molar-refractivity contribution in [2.24, 2.45) is 0 Å². The smallest absolute Gasteiger partial charge is 0.258 e. The molecule has 8 heteroatoms. The standard InChI is InChI=1S/C23H22N4O3S/c1-13-10-14(2)20-17(11-13)31-22(25-20)24-18(28)12-26-21(30)15-6-4-5-7-16(15)27-19(29)8-9-23(26,27)3/h4-7,10-11H,8-9,12H2,1-3H3,(H,24,25,28). The molecule has 31 heavy (non-hydrogen) atoms. The molecular weight excluding hydrogens is 412 g/mol. The molecule has 1 unspecified atom stereocenters. The Morgan fingerprint density at radius 2 is 2.00 bits per heavy atom. The second-order valence-electron chi connectivity index (χ2n) is 8.35. The number of para-hydroxylation sites is 1. The van der Waals surface area contributed by atoms with E-state index < -0.39 is 5.66 Å². The summed E-state index contributed by atoms with van der Waals surface area (Å²) >= 11 is 1.41. The fourth-order valence-electron chi connectivity index (χ4n) is 4.67. The Balaban J connectivity index is 1.44. The van der Waals surface area contributed by atoms with Crippen LogP contribution in [-0.2, 0) is 9.59 Å². The van der Waals surface area contributed by atoms with Gasteiger partial charge in [-0.25, -0.2) is 4.98 Å². The van der Waals surface area contributed by atoms with Crippen molar-refractivity contribution in [3.05, 3.63) is 53.1 Å². The zero-order chi connectivity index (χ0) is 21.9. The van der Waals surface area contributed by atoms with Gasteiger partial charge in [-0.05, 0) is 56.5 Å². The quantitative estimate of drug-likeness (QED) is 0.679. The molecule has 1 fully saturated rings. The summed E-state index contributed by atoms with van der Waals surface area (Å²) < 4.78 is 1.01. The highest BCUT2D eigenvalue weighted by Crippen LogP contribution is 2.43. The van der Waals surface area contributed by atoms with Gasteiger partial charge in [-0.1, -0.05) is 29.5 Å². The van der Waals surface area contributed by atoms with E-state index in [1.807, 2.05) is 32.9 Å². The molecule has 7 nitrogen and oxygen atoms in total. The van der Waals surface area contributed by atoms with Gasteiger partial charge in [0, 0.05) is 6.42 Å². The van der Waals surface area contributed by atoms with Gasteiger partial charge in [0.15, 0.2) is 5.13 Å². The van der Waals surface area contributed by atoms with Crippen molar-refractivity contribution in [1.82, 2.24) is 9.88 Å². The largest absolute Gasteiger partial charge is 0.306 e. The summed E-state index contributed by atoms with van der Waals surface area (Å²) in [6, 6.07) is 11.2. The van der Waals surface area contributed by atoms with Crippen LogP contribution in [0.5, 0.6) is 0 Å². The molecule has 0 saturated carbocycles. The lowest BCUT2D eigenvalue weighted by atomic mass is 9.98. The maximum Gasteiger partial charge on any atom is 0.258 e. The number of hydrogen-bond acceptors (Lipinski definition) is 5. The van der Waals surface area contributed by atoms with E-state index in [1.54, 1.807) is 23.1 Å². The minimum Gasteiger partial charge on any atom is -0.306 e. The second-order valence-corrected chi connectivity index (χ2v) is 9.38. The summed E-state index contributed by atoms with van der Waals surface area (Å²) in [6.45, 7) is 5.72. The summed E-state index contributed by atoms with van der Waals surface area (Å²) in [5.74, 6) is -0.610. The van der Waals surface area contributed by atoms with E-state index in [-0.39, 0.29) is 24.3 Å². The molecule has 0 aliphatic carbocycles. The van der Waals surface area contributed by atoms with E-state index in [9.17, 15) is 14.4 Å². The lowest BCUT2D eigenvalue weighted by molar-refractivity contribution is -0.120. The number of rotatable bonds is 3. The van der Waals surface area contributed by atoms with E-state index in [4.69, 9.17) is 0 Å². The van der Waals surface area contributed by atoms with Gasteiger partial charge in [0.2, 0.25) is 11.8 Å². The summed E-state index contributed by atoms with van der Waals surface area (Å²) in [5, 5.41) is 3.35. The third-order valence-corrected chi connectivity index (χ3v) is 7.04. The summed E-state index contributed by atoms with van der Waals surface area (Å²) in [6.07, 6.45) is 0.825. The Labute approximate surface area is 183 Å². The molecule has 158 valence electrons. The first-order valence-electron chi connectivity index (χ1n) is 10.2. The first kappa shape index (κ1) is 19.7. The van der Waals surface area contributed by atoms with Gasteiger partial charge >= 0.3 is 0 Å². The van der Waals surface area contributed by atoms with Crippen molar-refractivity contribution in [1.29, 1.82) is 0 Å². The number of aryl methyl sites for hydroxylation is 2. The Morgan fingerprint density at radius 3 is 2.81 bits per heavy atom. The number of amides is 3. The fraction of sp³-hybridized carbons (Fsp3) is 0.304. The van der Waals surface area contributed by atoms with Gasteiger partial charge in [-0.15, -0.1) is 0 Å². The van der Waals surface area contributed by atoms with Gasteiger partial charge < -0.3 is 10.2 Å². The van der Waals surface area contributed by atoms with Crippen molar-refractivity contribution in [2.45, 2.75) is 39.3 Å². The Morgan fingerprint density at radius 1 is 1.23 bits per heavy atom. The predicted molar refractivity (Wildman–Crippen MR) is 120 cm³/mol. The zero-order valence-electron chi connectivity index (χ0n) is 17.6. The van der Waals surface area contributed by atoms with Crippen molar-refractivity contribution < 1.29 is 14.4 Å². The maximum atomic E-state index is 13.3. The van der Waals surface area contributed by atoms with Gasteiger partial charge in [0.1, 0.15) is 12.2 Å². The molecule has 3 amide bonds. The minimum atomic E-state index is -0.860. The van der Waals surface area contributed by atoms with Crippen LogP contribution >= 0.6 is 11.3 Å². The zero-order valence-corrected chi connectivity index (χ0v) is 18.4. The van der Waals surface area contributed by atoms with Crippen LogP contribution in [0, 0.1) is 13.8 Å². The van der Waals surface area contributed by atoms with Crippen molar-refractivity contribution in [3.63, 3.8) is 0 Å². The van der Waals surface area contributed by atoms with Crippen LogP contribution in [0.15, 0.2) is 36.4 Å². The van der Waals surface area contributed by atoms with Gasteiger partial charge in [0.25, 0.3) is 5.91 Å². The monoisotopic (exact) mass is 434 g/mol. The topological polar surface area (TPSA) is 82.6 Å². The molecule has 0 spiro atoms. The molecule has 2 aliphatic heterocycles. The number of thiazole rings is 1. The van der Waals surface area contributed by atoms with E-state index in [1.165, 1.54) is 16.2 Å². The maximum absolute atomic E-state index is 13.3. The highest BCUT2D eigenvalue weighted by atomic mass is 32.1. The lowest BCUT2D eigenvalue weighted by Gasteiger charge is -2.48. The van der Waals surface area contributed by atoms with Crippen LogP contribution in [0.1, 0.15) is 41.3 Å². The number of hydrogen-bond donors (Lipinski definition) is 1. The number of carbonyl (C=O) groups excluding carboxylic acids is 3. The first-order chi connectivity index (χ1) is 14.8. The summed E-state index contributed by atoms with van der Waals surface area (Å²) in [7, 11) is 0. The average molecular weight is 435 g/mol. The third kappa shape index (κ3) is 3.01. The number of benzene rings is 2. The molecule has 1 aromatic heterocycles. The van der Waals surface area contributed by atoms with E-state index in [2.05, 4.69) is 16.4 Å². The molecule has 3 heterocycles. The number of nitrogens with zero attached hydrogens (tertiary/aromatic N) is 3. The average Bonchev–Trinajstić information content (AvgIpc) is 3.26. The Bertz CT molecular complexity index is 1270. The number of fused-ring (bicyclic) bond motifs is 4. The van der Waals surface area contributed by atoms with Crippen LogP contribution < -0.4 is 10.2 Å². The number of nitrogens with one attached hydrogen (secondary N) is 1. The van der Waals surface area contributed by atoms with Crippen LogP contribution in [-0.4, -0.2) is 39.8 Å². The summed E-state index contributed by atoms with van der Waals surface area (Å²) in [5.41, 5.74) is 3.26. The molecule has 1 N–H and O–H groups in total. The van der Waals surface area contributed by atoms with Crippen molar-refractivity contribution >= 4 is 50.1 Å². The predicted octanol–water partition coefficient (Wildman–Crippen LogP) is 3.85. The Hall–Kier alpha value is -3.26. The van der Waals surface area contributed by atoms with Gasteiger partial charge in [-0.2, -0.15) is 0 Å². The van der Waals surface area contributed by atoms with Gasteiger partial charge in [0.05, 0.1) is 21.5 Å². The molecule has 0 radical (unpaired) electrons. The first-order valence-corrected chi connectivity index (χ1v) is 11.0. The number of carbonyl (C=O) groups is 3. The molecule has 1 saturated heterocycles. The highest BCUT2D eigenvalue weighted by molar-refractivity contribution is 7.22. The SMILES string of the molecule is Cc1cc(C)c2nc(NC(=O)CN3C(=O)c4ccccc4N4C(=O)CCC34C)sc2c1. The molecule has 5 rings (SSSR count). The molecule has 0 bridgehead atoms. The Kier molecular flexibility index (Phi) is 4.37. The van der Waals surface area contributed by atoms with Crippen molar-refractivity contribution in [3.8, 4) is 0 Å². The molecular formula is C23H22N4O3S. The van der Waals surface area contributed by atoms with Crippen LogP contribution in [0.25, 0.3) is 10.2 Å². The van der Waals surface area contributed by atoms with Gasteiger partial charge in [-0.3, -0.25) is 19.3 Å². The van der Waals surface area contributed by atoms with Crippen LogP contribution in [0.4, 0.5) is 10.8 Å². The second kappa shape index (κ2) is 6.88. The van der Waals surface area contributed by atoms with Crippen LogP contribution in [0.2, 0.25) is 0 Å². The molecule has 2 aromatic carbocycles. The highest BCUT2D eigenvalue weighted by Gasteiger charge is 2.53. The van der Waals surface area contributed by atoms with Crippen LogP contribution in [0.3, 0.4) is 0 Å². The molecule has 2 aliphatic rings. The fourth-order valence-corrected chi connectivity index (χ4v) is 5.73.